The van der Waals surface area contributed by atoms with Gasteiger partial charge >= 0.3 is 11.9 Å². The third kappa shape index (κ3) is 2.93. The summed E-state index contributed by atoms with van der Waals surface area (Å²) in [5.74, 6) is -2.49. The van der Waals surface area contributed by atoms with Crippen LogP contribution in [0, 0.1) is 0 Å². The van der Waals surface area contributed by atoms with Crippen LogP contribution in [-0.4, -0.2) is 57.4 Å². The molecule has 2 rings (SSSR count). The zero-order valence-corrected chi connectivity index (χ0v) is 12.0. The summed E-state index contributed by atoms with van der Waals surface area (Å²) in [6, 6.07) is -0.703. The number of hydrogen-bond acceptors (Lipinski definition) is 7. The second kappa shape index (κ2) is 5.86. The molecule has 0 saturated carbocycles. The van der Waals surface area contributed by atoms with Gasteiger partial charge in [-0.3, -0.25) is 19.3 Å². The fraction of sp³-hybridized carbons (Fsp3) is 0.500. The van der Waals surface area contributed by atoms with Crippen LogP contribution in [0.1, 0.15) is 13.3 Å². The second-order valence-corrected chi connectivity index (χ2v) is 5.84. The molecule has 21 heavy (non-hydrogen) atoms. The first-order chi connectivity index (χ1) is 9.82. The van der Waals surface area contributed by atoms with E-state index in [4.69, 9.17) is 10.5 Å². The normalized spacial score (nSPS) is 24.3. The highest BCUT2D eigenvalue weighted by molar-refractivity contribution is 8.00. The van der Waals surface area contributed by atoms with Crippen molar-refractivity contribution in [2.75, 3.05) is 12.4 Å². The van der Waals surface area contributed by atoms with Gasteiger partial charge in [-0.2, -0.15) is 0 Å². The van der Waals surface area contributed by atoms with E-state index in [1.165, 1.54) is 18.7 Å². The highest BCUT2D eigenvalue weighted by Gasteiger charge is 2.51. The number of fused-ring (bicyclic) bond motifs is 1. The Morgan fingerprint density at radius 3 is 2.71 bits per heavy atom. The number of esters is 1. The van der Waals surface area contributed by atoms with Crippen LogP contribution < -0.4 is 5.73 Å². The van der Waals surface area contributed by atoms with E-state index in [9.17, 15) is 24.3 Å². The Balaban J connectivity index is 2.12. The zero-order chi connectivity index (χ0) is 15.7. The van der Waals surface area contributed by atoms with Crippen molar-refractivity contribution in [2.24, 2.45) is 5.73 Å². The SMILES string of the molecule is CC(=O)CC(=O)OCC1=C(C(=O)O)N2C(=O)[C@@H](N)[C@@H]2SC1. The fourth-order valence-corrected chi connectivity index (χ4v) is 3.39. The van der Waals surface area contributed by atoms with Crippen molar-refractivity contribution in [3.63, 3.8) is 0 Å². The van der Waals surface area contributed by atoms with Gasteiger partial charge in [-0.1, -0.05) is 0 Å². The Kier molecular flexibility index (Phi) is 4.33. The van der Waals surface area contributed by atoms with Crippen LogP contribution in [0.3, 0.4) is 0 Å². The van der Waals surface area contributed by atoms with Crippen molar-refractivity contribution in [1.82, 2.24) is 4.90 Å². The Hall–Kier alpha value is -1.87. The first-order valence-electron chi connectivity index (χ1n) is 6.13. The maximum Gasteiger partial charge on any atom is 0.352 e. The van der Waals surface area contributed by atoms with Crippen LogP contribution >= 0.6 is 11.8 Å². The highest BCUT2D eigenvalue weighted by Crippen LogP contribution is 2.39. The van der Waals surface area contributed by atoms with Crippen LogP contribution in [0.4, 0.5) is 0 Å². The minimum atomic E-state index is -1.27. The van der Waals surface area contributed by atoms with Crippen LogP contribution in [0.2, 0.25) is 0 Å². The number of Topliss-reactive ketones (excluding diaryl/α,β-unsaturated/α-hetero) is 1. The van der Waals surface area contributed by atoms with Gasteiger partial charge in [-0.25, -0.2) is 4.79 Å². The molecule has 0 bridgehead atoms. The Morgan fingerprint density at radius 1 is 1.48 bits per heavy atom. The van der Waals surface area contributed by atoms with E-state index < -0.39 is 23.9 Å². The molecule has 1 saturated heterocycles. The lowest BCUT2D eigenvalue weighted by Crippen LogP contribution is -2.68. The molecule has 3 N–H and O–H groups in total. The van der Waals surface area contributed by atoms with Crippen molar-refractivity contribution < 1.29 is 29.0 Å². The number of thioether (sulfide) groups is 1. The van der Waals surface area contributed by atoms with Crippen molar-refractivity contribution in [3.05, 3.63) is 11.3 Å². The number of carboxylic acids is 1. The molecule has 9 heteroatoms. The molecule has 8 nitrogen and oxygen atoms in total. The molecule has 2 aliphatic rings. The molecule has 1 fully saturated rings. The molecule has 2 atom stereocenters. The first-order valence-corrected chi connectivity index (χ1v) is 7.18. The first kappa shape index (κ1) is 15.5. The molecule has 1 amide bonds. The second-order valence-electron chi connectivity index (χ2n) is 4.73. The number of ketones is 1. The van der Waals surface area contributed by atoms with Crippen LogP contribution in [0.25, 0.3) is 0 Å². The molecule has 2 heterocycles. The number of aliphatic carboxylic acids is 1. The van der Waals surface area contributed by atoms with E-state index >= 15 is 0 Å². The van der Waals surface area contributed by atoms with Gasteiger partial charge in [0.05, 0.1) is 0 Å². The van der Waals surface area contributed by atoms with Gasteiger partial charge in [0.2, 0.25) is 5.91 Å². The predicted molar refractivity (Wildman–Crippen MR) is 72.0 cm³/mol. The zero-order valence-electron chi connectivity index (χ0n) is 11.2. The standard InChI is InChI=1S/C12H14N2O6S/c1-5(15)2-7(16)20-3-6-4-21-11-8(13)10(17)14(11)9(6)12(18)19/h8,11H,2-4,13H2,1H3,(H,18,19)/t8-,11+/m1/s1. The number of amides is 1. The van der Waals surface area contributed by atoms with Crippen molar-refractivity contribution >= 4 is 35.4 Å². The minimum absolute atomic E-state index is 0.180. The Labute approximate surface area is 124 Å². The average molecular weight is 314 g/mol. The smallest absolute Gasteiger partial charge is 0.352 e. The van der Waals surface area contributed by atoms with Crippen LogP contribution in [0.15, 0.2) is 11.3 Å². The number of ether oxygens (including phenoxy) is 1. The minimum Gasteiger partial charge on any atom is -0.477 e. The number of nitrogens with two attached hydrogens (primary N) is 1. The fourth-order valence-electron chi connectivity index (χ4n) is 2.11. The summed E-state index contributed by atoms with van der Waals surface area (Å²) in [5, 5.41) is 8.86. The molecule has 2 aliphatic heterocycles. The monoisotopic (exact) mass is 314 g/mol. The Morgan fingerprint density at radius 2 is 2.14 bits per heavy atom. The summed E-state index contributed by atoms with van der Waals surface area (Å²) in [6.07, 6.45) is -0.362. The van der Waals surface area contributed by atoms with Gasteiger partial charge in [-0.05, 0) is 6.92 Å². The molecule has 114 valence electrons. The number of carboxylic acid groups (broad SMARTS) is 1. The van der Waals surface area contributed by atoms with Crippen molar-refractivity contribution in [3.8, 4) is 0 Å². The maximum atomic E-state index is 11.7. The van der Waals surface area contributed by atoms with Gasteiger partial charge in [-0.15, -0.1) is 11.8 Å². The third-order valence-corrected chi connectivity index (χ3v) is 4.45. The molecule has 0 aromatic heterocycles. The van der Waals surface area contributed by atoms with Gasteiger partial charge in [0.15, 0.2) is 0 Å². The molecular formula is C12H14N2O6S. The quantitative estimate of drug-likeness (QED) is 0.379. The van der Waals surface area contributed by atoms with Crippen LogP contribution in [0.5, 0.6) is 0 Å². The Bertz CT molecular complexity index is 558. The summed E-state index contributed by atoms with van der Waals surface area (Å²) in [7, 11) is 0. The topological polar surface area (TPSA) is 127 Å². The third-order valence-electron chi connectivity index (χ3n) is 3.09. The highest BCUT2D eigenvalue weighted by atomic mass is 32.2. The van der Waals surface area contributed by atoms with E-state index in [0.717, 1.165) is 4.90 Å². The lowest BCUT2D eigenvalue weighted by Gasteiger charge is -2.47. The van der Waals surface area contributed by atoms with E-state index in [1.54, 1.807) is 0 Å². The number of nitrogens with zero attached hydrogens (tertiary/aromatic N) is 1. The summed E-state index contributed by atoms with van der Waals surface area (Å²) in [4.78, 5) is 46.2. The summed E-state index contributed by atoms with van der Waals surface area (Å²) >= 11 is 1.32. The largest absolute Gasteiger partial charge is 0.477 e. The van der Waals surface area contributed by atoms with Crippen molar-refractivity contribution in [1.29, 1.82) is 0 Å². The maximum absolute atomic E-state index is 11.7. The molecular weight excluding hydrogens is 300 g/mol. The van der Waals surface area contributed by atoms with Gasteiger partial charge in [0.1, 0.15) is 35.9 Å². The molecule has 0 aliphatic carbocycles. The average Bonchev–Trinajstić information content (AvgIpc) is 2.42. The lowest BCUT2D eigenvalue weighted by molar-refractivity contribution is -0.148. The molecule has 0 aromatic rings. The van der Waals surface area contributed by atoms with Crippen LogP contribution in [-0.2, 0) is 23.9 Å². The molecule has 0 spiro atoms. The number of rotatable bonds is 5. The summed E-state index contributed by atoms with van der Waals surface area (Å²) in [6.45, 7) is 0.997. The molecule has 0 unspecified atom stereocenters. The number of carbonyl (C=O) groups is 4. The molecule has 0 aromatic carbocycles. The van der Waals surface area contributed by atoms with Gasteiger partial charge in [0, 0.05) is 11.3 Å². The van der Waals surface area contributed by atoms with E-state index in [0.29, 0.717) is 11.3 Å². The van der Waals surface area contributed by atoms with Gasteiger partial charge in [0.25, 0.3) is 0 Å². The van der Waals surface area contributed by atoms with E-state index in [1.807, 2.05) is 0 Å². The number of carbonyl (C=O) groups excluding carboxylic acids is 3. The predicted octanol–water partition coefficient (Wildman–Crippen LogP) is -0.910. The number of hydrogen-bond donors (Lipinski definition) is 2. The van der Waals surface area contributed by atoms with Gasteiger partial charge < -0.3 is 15.6 Å². The summed E-state index contributed by atoms with van der Waals surface area (Å²) < 4.78 is 4.88. The van der Waals surface area contributed by atoms with Crippen molar-refractivity contribution in [2.45, 2.75) is 24.8 Å². The van der Waals surface area contributed by atoms with E-state index in [-0.39, 0.29) is 29.9 Å². The number of β-lactam (4-membered cyclic amide) rings is 1. The van der Waals surface area contributed by atoms with E-state index in [2.05, 4.69) is 0 Å². The summed E-state index contributed by atoms with van der Waals surface area (Å²) in [5.41, 5.74) is 5.75. The lowest BCUT2D eigenvalue weighted by atomic mass is 10.0. The molecule has 0 radical (unpaired) electrons.